The summed E-state index contributed by atoms with van der Waals surface area (Å²) >= 11 is 0. The van der Waals surface area contributed by atoms with Crippen molar-refractivity contribution in [3.05, 3.63) is 29.3 Å². The Bertz CT molecular complexity index is 494. The van der Waals surface area contributed by atoms with Gasteiger partial charge in [0.15, 0.2) is 0 Å². The lowest BCUT2D eigenvalue weighted by atomic mass is 9.84. The number of carbonyl (C=O) groups is 1. The molecule has 0 radical (unpaired) electrons. The average Bonchev–Trinajstić information content (AvgIpc) is 2.67. The standard InChI is InChI=1S/C16H23NO2/c1-5-17-10-11(2)13-8-6-7-12(14(13)17)9-16(3,4)15(18)19/h6-8,11H,5,9-10H2,1-4H3,(H,18,19). The van der Waals surface area contributed by atoms with Gasteiger partial charge < -0.3 is 10.0 Å². The molecule has 3 heteroatoms. The molecule has 104 valence electrons. The van der Waals surface area contributed by atoms with Gasteiger partial charge in [0.1, 0.15) is 0 Å². The molecule has 2 rings (SSSR count). The van der Waals surface area contributed by atoms with Crippen LogP contribution in [0.15, 0.2) is 18.2 Å². The normalized spacial score (nSPS) is 18.5. The number of nitrogens with zero attached hydrogens (tertiary/aromatic N) is 1. The van der Waals surface area contributed by atoms with Crippen molar-refractivity contribution in [1.82, 2.24) is 0 Å². The number of likely N-dealkylation sites (N-methyl/N-ethyl adjacent to an activating group) is 1. The van der Waals surface area contributed by atoms with Gasteiger partial charge in [-0.2, -0.15) is 0 Å². The fourth-order valence-corrected chi connectivity index (χ4v) is 2.90. The second kappa shape index (κ2) is 4.87. The van der Waals surface area contributed by atoms with Crippen LogP contribution in [0.4, 0.5) is 5.69 Å². The summed E-state index contributed by atoms with van der Waals surface area (Å²) in [5, 5.41) is 9.31. The number of carboxylic acid groups (broad SMARTS) is 1. The number of carboxylic acids is 1. The molecule has 1 heterocycles. The van der Waals surface area contributed by atoms with Crippen LogP contribution in [-0.2, 0) is 11.2 Å². The number of hydrogen-bond acceptors (Lipinski definition) is 2. The van der Waals surface area contributed by atoms with Crippen LogP contribution in [0.5, 0.6) is 0 Å². The number of anilines is 1. The van der Waals surface area contributed by atoms with Crippen LogP contribution >= 0.6 is 0 Å². The summed E-state index contributed by atoms with van der Waals surface area (Å²) in [7, 11) is 0. The molecule has 1 aliphatic rings. The quantitative estimate of drug-likeness (QED) is 0.904. The molecule has 19 heavy (non-hydrogen) atoms. The van der Waals surface area contributed by atoms with Gasteiger partial charge in [-0.05, 0) is 38.3 Å². The molecule has 0 spiro atoms. The molecule has 1 unspecified atom stereocenters. The van der Waals surface area contributed by atoms with E-state index in [-0.39, 0.29) is 0 Å². The Morgan fingerprint density at radius 1 is 1.47 bits per heavy atom. The first-order valence-corrected chi connectivity index (χ1v) is 6.97. The third-order valence-corrected chi connectivity index (χ3v) is 4.09. The fourth-order valence-electron chi connectivity index (χ4n) is 2.90. The van der Waals surface area contributed by atoms with Crippen LogP contribution in [-0.4, -0.2) is 24.2 Å². The lowest BCUT2D eigenvalue weighted by molar-refractivity contribution is -0.146. The van der Waals surface area contributed by atoms with E-state index in [1.165, 1.54) is 11.3 Å². The number of benzene rings is 1. The highest BCUT2D eigenvalue weighted by Crippen LogP contribution is 2.40. The first kappa shape index (κ1) is 13.9. The maximum atomic E-state index is 11.3. The molecule has 0 saturated carbocycles. The van der Waals surface area contributed by atoms with Gasteiger partial charge in [-0.3, -0.25) is 4.79 Å². The Morgan fingerprint density at radius 2 is 2.16 bits per heavy atom. The molecule has 0 bridgehead atoms. The van der Waals surface area contributed by atoms with Crippen LogP contribution in [0.2, 0.25) is 0 Å². The number of para-hydroxylation sites is 1. The zero-order valence-corrected chi connectivity index (χ0v) is 12.2. The van der Waals surface area contributed by atoms with Gasteiger partial charge >= 0.3 is 5.97 Å². The van der Waals surface area contributed by atoms with E-state index in [0.29, 0.717) is 12.3 Å². The first-order chi connectivity index (χ1) is 8.86. The van der Waals surface area contributed by atoms with Crippen molar-refractivity contribution in [3.8, 4) is 0 Å². The third-order valence-electron chi connectivity index (χ3n) is 4.09. The minimum absolute atomic E-state index is 0.530. The minimum Gasteiger partial charge on any atom is -0.481 e. The highest BCUT2D eigenvalue weighted by atomic mass is 16.4. The summed E-state index contributed by atoms with van der Waals surface area (Å²) in [4.78, 5) is 13.7. The summed E-state index contributed by atoms with van der Waals surface area (Å²) in [6.45, 7) is 9.99. The molecular weight excluding hydrogens is 238 g/mol. The topological polar surface area (TPSA) is 40.5 Å². The second-order valence-electron chi connectivity index (χ2n) is 6.16. The highest BCUT2D eigenvalue weighted by molar-refractivity contribution is 5.75. The summed E-state index contributed by atoms with van der Waals surface area (Å²) in [6, 6.07) is 6.30. The van der Waals surface area contributed by atoms with Crippen molar-refractivity contribution in [2.75, 3.05) is 18.0 Å². The van der Waals surface area contributed by atoms with Gasteiger partial charge in [0, 0.05) is 24.7 Å². The molecule has 1 N–H and O–H groups in total. The highest BCUT2D eigenvalue weighted by Gasteiger charge is 2.32. The SMILES string of the molecule is CCN1CC(C)c2cccc(CC(C)(C)C(=O)O)c21. The lowest BCUT2D eigenvalue weighted by Gasteiger charge is -2.25. The van der Waals surface area contributed by atoms with E-state index in [2.05, 4.69) is 36.9 Å². The van der Waals surface area contributed by atoms with Crippen molar-refractivity contribution >= 4 is 11.7 Å². The zero-order chi connectivity index (χ0) is 14.2. The van der Waals surface area contributed by atoms with Gasteiger partial charge in [0.05, 0.1) is 5.41 Å². The average molecular weight is 261 g/mol. The van der Waals surface area contributed by atoms with E-state index in [1.807, 2.05) is 0 Å². The number of rotatable bonds is 4. The molecule has 1 aliphatic heterocycles. The molecule has 0 amide bonds. The van der Waals surface area contributed by atoms with E-state index in [4.69, 9.17) is 0 Å². The monoisotopic (exact) mass is 261 g/mol. The maximum Gasteiger partial charge on any atom is 0.309 e. The molecule has 1 aromatic rings. The van der Waals surface area contributed by atoms with Gasteiger partial charge in [-0.25, -0.2) is 0 Å². The summed E-state index contributed by atoms with van der Waals surface area (Å²) in [5.74, 6) is -0.206. The van der Waals surface area contributed by atoms with E-state index in [0.717, 1.165) is 18.7 Å². The van der Waals surface area contributed by atoms with Crippen molar-refractivity contribution in [2.45, 2.75) is 40.0 Å². The largest absolute Gasteiger partial charge is 0.481 e. The van der Waals surface area contributed by atoms with E-state index in [1.54, 1.807) is 13.8 Å². The van der Waals surface area contributed by atoms with Gasteiger partial charge in [0.2, 0.25) is 0 Å². The van der Waals surface area contributed by atoms with Crippen molar-refractivity contribution in [2.24, 2.45) is 5.41 Å². The Kier molecular flexibility index (Phi) is 3.57. The number of hydrogen-bond donors (Lipinski definition) is 1. The molecule has 0 aromatic heterocycles. The van der Waals surface area contributed by atoms with Crippen LogP contribution < -0.4 is 4.90 Å². The van der Waals surface area contributed by atoms with Crippen molar-refractivity contribution in [3.63, 3.8) is 0 Å². The summed E-state index contributed by atoms with van der Waals surface area (Å²) in [6.07, 6.45) is 0.578. The van der Waals surface area contributed by atoms with Crippen LogP contribution in [0.3, 0.4) is 0 Å². The van der Waals surface area contributed by atoms with Gasteiger partial charge in [-0.1, -0.05) is 25.1 Å². The second-order valence-corrected chi connectivity index (χ2v) is 6.16. The van der Waals surface area contributed by atoms with Crippen molar-refractivity contribution < 1.29 is 9.90 Å². The van der Waals surface area contributed by atoms with Crippen molar-refractivity contribution in [1.29, 1.82) is 0 Å². The van der Waals surface area contributed by atoms with E-state index < -0.39 is 11.4 Å². The third kappa shape index (κ3) is 2.46. The Hall–Kier alpha value is -1.51. The zero-order valence-electron chi connectivity index (χ0n) is 12.2. The molecule has 3 nitrogen and oxygen atoms in total. The van der Waals surface area contributed by atoms with Gasteiger partial charge in [-0.15, -0.1) is 0 Å². The smallest absolute Gasteiger partial charge is 0.309 e. The molecule has 0 saturated heterocycles. The maximum absolute atomic E-state index is 11.3. The Labute approximate surface area is 115 Å². The predicted octanol–water partition coefficient (Wildman–Crippen LogP) is 3.28. The molecule has 0 fully saturated rings. The lowest BCUT2D eigenvalue weighted by Crippen LogP contribution is -2.28. The molecule has 0 aliphatic carbocycles. The first-order valence-electron chi connectivity index (χ1n) is 6.97. The molecular formula is C16H23NO2. The minimum atomic E-state index is -0.737. The van der Waals surface area contributed by atoms with Crippen LogP contribution in [0.25, 0.3) is 0 Å². The van der Waals surface area contributed by atoms with E-state index in [9.17, 15) is 9.90 Å². The number of fused-ring (bicyclic) bond motifs is 1. The number of aliphatic carboxylic acids is 1. The van der Waals surface area contributed by atoms with Crippen LogP contribution in [0.1, 0.15) is 44.7 Å². The molecule has 1 atom stereocenters. The predicted molar refractivity (Wildman–Crippen MR) is 77.9 cm³/mol. The van der Waals surface area contributed by atoms with E-state index >= 15 is 0 Å². The summed E-state index contributed by atoms with van der Waals surface area (Å²) in [5.41, 5.74) is 3.07. The fraction of sp³-hybridized carbons (Fsp3) is 0.562. The van der Waals surface area contributed by atoms with Gasteiger partial charge in [0.25, 0.3) is 0 Å². The molecule has 1 aromatic carbocycles. The Balaban J connectivity index is 2.41. The summed E-state index contributed by atoms with van der Waals surface area (Å²) < 4.78 is 0. The van der Waals surface area contributed by atoms with Crippen LogP contribution in [0, 0.1) is 5.41 Å². The Morgan fingerprint density at radius 3 is 2.74 bits per heavy atom.